The van der Waals surface area contributed by atoms with Crippen LogP contribution in [-0.2, 0) is 9.47 Å². The third-order valence-electron chi connectivity index (χ3n) is 10.9. The Morgan fingerprint density at radius 2 is 0.568 bits per heavy atom. The molecular weight excluding hydrogens is 536 g/mol. The molecule has 0 spiro atoms. The molecule has 0 aromatic carbocycles. The quantitative estimate of drug-likeness (QED) is 0.0668. The summed E-state index contributed by atoms with van der Waals surface area (Å²) in [5.41, 5.74) is 0. The summed E-state index contributed by atoms with van der Waals surface area (Å²) in [6, 6.07) is 0. The van der Waals surface area contributed by atoms with Crippen molar-refractivity contribution in [3.05, 3.63) is 0 Å². The van der Waals surface area contributed by atoms with E-state index in [4.69, 9.17) is 9.47 Å². The van der Waals surface area contributed by atoms with E-state index in [1.807, 2.05) is 0 Å². The van der Waals surface area contributed by atoms with Crippen LogP contribution in [-0.4, -0.2) is 18.0 Å². The summed E-state index contributed by atoms with van der Waals surface area (Å²) in [5, 5.41) is 0. The summed E-state index contributed by atoms with van der Waals surface area (Å²) in [6.45, 7) is 4.62. The summed E-state index contributed by atoms with van der Waals surface area (Å²) in [6.07, 6.45) is 52.6. The lowest BCUT2D eigenvalue weighted by Gasteiger charge is -2.29. The maximum atomic E-state index is 6.70. The normalized spacial score (nSPS) is 19.2. The molecule has 1 saturated heterocycles. The van der Waals surface area contributed by atoms with Crippen LogP contribution in [0.1, 0.15) is 251 Å². The molecule has 0 aromatic heterocycles. The van der Waals surface area contributed by atoms with Crippen molar-refractivity contribution in [2.45, 2.75) is 269 Å². The van der Waals surface area contributed by atoms with Crippen molar-refractivity contribution in [1.29, 1.82) is 0 Å². The second-order valence-corrected chi connectivity index (χ2v) is 15.3. The highest BCUT2D eigenvalue weighted by atomic mass is 16.8. The molecule has 2 atom stereocenters. The zero-order chi connectivity index (χ0) is 31.2. The Bertz CT molecular complexity index is 538. The van der Waals surface area contributed by atoms with Gasteiger partial charge in [-0.1, -0.05) is 206 Å². The maximum absolute atomic E-state index is 6.70. The number of rotatable bonds is 34. The van der Waals surface area contributed by atoms with Crippen molar-refractivity contribution in [2.75, 3.05) is 0 Å². The van der Waals surface area contributed by atoms with Crippen LogP contribution in [0.4, 0.5) is 0 Å². The third kappa shape index (κ3) is 20.9. The van der Waals surface area contributed by atoms with Gasteiger partial charge in [0.05, 0.1) is 12.2 Å². The Labute approximate surface area is 278 Å². The van der Waals surface area contributed by atoms with Crippen LogP contribution in [0.25, 0.3) is 0 Å². The van der Waals surface area contributed by atoms with Crippen LogP contribution >= 0.6 is 0 Å². The summed E-state index contributed by atoms with van der Waals surface area (Å²) in [5.74, 6) is -0.234. The van der Waals surface area contributed by atoms with Gasteiger partial charge in [0.1, 0.15) is 0 Å². The number of unbranched alkanes of at least 4 members (excludes halogenated alkanes) is 30. The second kappa shape index (κ2) is 29.1. The molecule has 0 unspecified atom stereocenters. The van der Waals surface area contributed by atoms with Crippen molar-refractivity contribution in [1.82, 2.24) is 0 Å². The van der Waals surface area contributed by atoms with Crippen LogP contribution in [0.15, 0.2) is 0 Å². The van der Waals surface area contributed by atoms with Gasteiger partial charge in [0.2, 0.25) is 0 Å². The first-order chi connectivity index (χ1) is 21.8. The molecule has 2 aliphatic rings. The van der Waals surface area contributed by atoms with Gasteiger partial charge in [-0.05, 0) is 32.1 Å². The van der Waals surface area contributed by atoms with Gasteiger partial charge in [0.25, 0.3) is 0 Å². The van der Waals surface area contributed by atoms with Crippen molar-refractivity contribution in [3.8, 4) is 0 Å². The van der Waals surface area contributed by atoms with Crippen LogP contribution in [0.2, 0.25) is 0 Å². The molecule has 0 N–H and O–H groups in total. The Morgan fingerprint density at radius 3 is 0.818 bits per heavy atom. The monoisotopic (exact) mass is 619 g/mol. The predicted molar refractivity (Wildman–Crippen MR) is 195 cm³/mol. The molecule has 1 heterocycles. The summed E-state index contributed by atoms with van der Waals surface area (Å²) >= 11 is 0. The van der Waals surface area contributed by atoms with Crippen LogP contribution in [0.3, 0.4) is 0 Å². The van der Waals surface area contributed by atoms with E-state index >= 15 is 0 Å². The Balaban J connectivity index is 1.40. The number of hydrogen-bond donors (Lipinski definition) is 0. The van der Waals surface area contributed by atoms with E-state index in [1.54, 1.807) is 0 Å². The predicted octanol–water partition coefficient (Wildman–Crippen LogP) is 15.0. The molecule has 0 amide bonds. The van der Waals surface area contributed by atoms with Gasteiger partial charge >= 0.3 is 0 Å². The minimum Gasteiger partial charge on any atom is -0.344 e. The molecule has 1 saturated carbocycles. The maximum Gasteiger partial charge on any atom is 0.169 e. The first kappa shape index (κ1) is 40.1. The molecule has 2 rings (SSSR count). The summed E-state index contributed by atoms with van der Waals surface area (Å²) in [7, 11) is 0. The van der Waals surface area contributed by atoms with Crippen LogP contribution in [0, 0.1) is 0 Å². The van der Waals surface area contributed by atoms with Gasteiger partial charge in [0.15, 0.2) is 5.79 Å². The fourth-order valence-corrected chi connectivity index (χ4v) is 7.99. The summed E-state index contributed by atoms with van der Waals surface area (Å²) in [4.78, 5) is 0. The number of fused-ring (bicyclic) bond motifs is 1. The molecule has 44 heavy (non-hydrogen) atoms. The Morgan fingerprint density at radius 1 is 0.341 bits per heavy atom. The third-order valence-corrected chi connectivity index (χ3v) is 10.9. The Hall–Kier alpha value is -0.0800. The minimum atomic E-state index is -0.234. The highest BCUT2D eigenvalue weighted by Gasteiger charge is 2.48. The average Bonchev–Trinajstić information content (AvgIpc) is 3.60. The van der Waals surface area contributed by atoms with E-state index in [-0.39, 0.29) is 5.79 Å². The molecule has 262 valence electrons. The van der Waals surface area contributed by atoms with Crippen molar-refractivity contribution >= 4 is 0 Å². The van der Waals surface area contributed by atoms with E-state index in [0.717, 1.165) is 12.8 Å². The van der Waals surface area contributed by atoms with E-state index in [9.17, 15) is 0 Å². The van der Waals surface area contributed by atoms with Gasteiger partial charge in [-0.25, -0.2) is 0 Å². The van der Waals surface area contributed by atoms with Gasteiger partial charge in [0, 0.05) is 12.8 Å². The summed E-state index contributed by atoms with van der Waals surface area (Å²) < 4.78 is 13.4. The lowest BCUT2D eigenvalue weighted by Crippen LogP contribution is -2.31. The highest BCUT2D eigenvalue weighted by Crippen LogP contribution is 2.43. The van der Waals surface area contributed by atoms with Crippen molar-refractivity contribution in [3.63, 3.8) is 0 Å². The second-order valence-electron chi connectivity index (χ2n) is 15.3. The minimum absolute atomic E-state index is 0.234. The first-order valence-electron chi connectivity index (χ1n) is 21.2. The lowest BCUT2D eigenvalue weighted by molar-refractivity contribution is -0.190. The molecule has 0 bridgehead atoms. The lowest BCUT2D eigenvalue weighted by atomic mass is 9.98. The highest BCUT2D eigenvalue weighted by molar-refractivity contribution is 4.90. The van der Waals surface area contributed by atoms with Gasteiger partial charge < -0.3 is 9.47 Å². The molecule has 2 fully saturated rings. The van der Waals surface area contributed by atoms with E-state index in [2.05, 4.69) is 13.8 Å². The Kier molecular flexibility index (Phi) is 26.5. The zero-order valence-electron chi connectivity index (χ0n) is 30.6. The zero-order valence-corrected chi connectivity index (χ0v) is 30.6. The van der Waals surface area contributed by atoms with Gasteiger partial charge in [-0.2, -0.15) is 0 Å². The van der Waals surface area contributed by atoms with Crippen molar-refractivity contribution in [2.24, 2.45) is 0 Å². The smallest absolute Gasteiger partial charge is 0.169 e. The molecule has 0 radical (unpaired) electrons. The topological polar surface area (TPSA) is 18.5 Å². The molecule has 2 heteroatoms. The largest absolute Gasteiger partial charge is 0.344 e. The number of hydrogen-bond acceptors (Lipinski definition) is 2. The average molecular weight is 619 g/mol. The fraction of sp³-hybridized carbons (Fsp3) is 1.00. The van der Waals surface area contributed by atoms with Gasteiger partial charge in [-0.3, -0.25) is 0 Å². The molecule has 1 aliphatic carbocycles. The van der Waals surface area contributed by atoms with Crippen LogP contribution < -0.4 is 0 Å². The number of ether oxygens (including phenoxy) is 2. The van der Waals surface area contributed by atoms with E-state index in [1.165, 1.54) is 225 Å². The van der Waals surface area contributed by atoms with Crippen LogP contribution in [0.5, 0.6) is 0 Å². The first-order valence-corrected chi connectivity index (χ1v) is 21.2. The fourth-order valence-electron chi connectivity index (χ4n) is 7.99. The van der Waals surface area contributed by atoms with Crippen molar-refractivity contribution < 1.29 is 9.47 Å². The molecule has 2 nitrogen and oxygen atoms in total. The molecule has 0 aromatic rings. The molecular formula is C42H82O2. The van der Waals surface area contributed by atoms with Gasteiger partial charge in [-0.15, -0.1) is 0 Å². The van der Waals surface area contributed by atoms with E-state index in [0.29, 0.717) is 12.2 Å². The molecule has 1 aliphatic heterocycles. The van der Waals surface area contributed by atoms with E-state index < -0.39 is 0 Å². The standard InChI is InChI=1S/C42H82O2/c1-3-5-7-9-11-13-15-17-19-21-23-25-27-29-31-33-38-42(43-40-36-35-37-41(40)44-42)39-34-32-30-28-26-24-22-20-18-16-14-12-10-8-6-4-2/h40-41H,3-39H2,1-2H3/t40-,41+. The SMILES string of the molecule is CCCCCCCCCCCCCCCCCCC1(CCCCCCCCCCCCCCCCCC)O[C@H]2CCC[C@H]2O1.